The van der Waals surface area contributed by atoms with Gasteiger partial charge in [-0.05, 0) is 70.3 Å². The number of hydrogen-bond donors (Lipinski definition) is 10. The van der Waals surface area contributed by atoms with Gasteiger partial charge in [0.25, 0.3) is 0 Å². The second kappa shape index (κ2) is 67.7. The molecule has 136 heavy (non-hydrogen) atoms. The fraction of sp³-hybridized carbons (Fsp3) is 0.716. The number of carbonyl (C=O) groups is 19. The second-order valence-electron chi connectivity index (χ2n) is 31.7. The zero-order valence-corrected chi connectivity index (χ0v) is 79.7. The topological polar surface area (TPSA) is 620 Å². The van der Waals surface area contributed by atoms with E-state index < -0.39 is 200 Å². The minimum atomic E-state index is -1.61. The van der Waals surface area contributed by atoms with E-state index in [2.05, 4.69) is 53.2 Å². The maximum atomic E-state index is 13.8. The van der Waals surface area contributed by atoms with E-state index in [1.165, 1.54) is 41.5 Å². The molecular weight excluding hydrogens is 1800 g/mol. The van der Waals surface area contributed by atoms with Crippen LogP contribution in [0.4, 0.5) is 4.79 Å². The van der Waals surface area contributed by atoms with E-state index in [1.54, 1.807) is 30.3 Å². The molecular formula is C88H138N10O38. The molecule has 10 N–H and O–H groups in total. The van der Waals surface area contributed by atoms with Crippen molar-refractivity contribution in [1.29, 1.82) is 0 Å². The van der Waals surface area contributed by atoms with Crippen LogP contribution in [0.1, 0.15) is 192 Å². The summed E-state index contributed by atoms with van der Waals surface area (Å²) in [4.78, 5) is 237. The summed E-state index contributed by atoms with van der Waals surface area (Å²) in [6.07, 6.45) is -12.0. The summed E-state index contributed by atoms with van der Waals surface area (Å²) in [5, 5.41) is 27.3. The van der Waals surface area contributed by atoms with Gasteiger partial charge in [0, 0.05) is 181 Å². The molecule has 1 aromatic rings. The van der Waals surface area contributed by atoms with Crippen molar-refractivity contribution in [3.05, 3.63) is 35.9 Å². The summed E-state index contributed by atoms with van der Waals surface area (Å²) < 4.78 is 108. The molecule has 0 aromatic heterocycles. The third kappa shape index (κ3) is 54.4. The van der Waals surface area contributed by atoms with Gasteiger partial charge in [0.2, 0.25) is 53.2 Å². The van der Waals surface area contributed by atoms with Crippen molar-refractivity contribution in [2.45, 2.75) is 284 Å². The lowest BCUT2D eigenvalue weighted by atomic mass is 9.96. The molecule has 2 aliphatic heterocycles. The lowest BCUT2D eigenvalue weighted by Crippen LogP contribution is -2.66. The molecule has 48 heteroatoms. The largest absolute Gasteiger partial charge is 0.463 e. The molecule has 2 heterocycles. The van der Waals surface area contributed by atoms with E-state index in [0.29, 0.717) is 63.4 Å². The van der Waals surface area contributed by atoms with Gasteiger partial charge in [-0.1, -0.05) is 30.3 Å². The van der Waals surface area contributed by atoms with Crippen LogP contribution >= 0.6 is 0 Å². The smallest absolute Gasteiger partial charge is 0.408 e. The molecule has 0 bridgehead atoms. The van der Waals surface area contributed by atoms with Gasteiger partial charge in [0.15, 0.2) is 43.3 Å². The first-order chi connectivity index (χ1) is 64.6. The Kier molecular flexibility index (Phi) is 59.1. The number of amides is 10. The number of carbonyl (C=O) groups excluding carboxylic acids is 19. The number of alkyl carbamates (subject to hydrolysis) is 1. The molecule has 768 valence electrons. The van der Waals surface area contributed by atoms with Crippen molar-refractivity contribution >= 4 is 113 Å². The lowest BCUT2D eigenvalue weighted by Gasteiger charge is -2.44. The average Bonchev–Trinajstić information content (AvgIpc) is 0.788. The van der Waals surface area contributed by atoms with Crippen molar-refractivity contribution < 1.29 is 181 Å². The Labute approximate surface area is 789 Å². The van der Waals surface area contributed by atoms with Crippen molar-refractivity contribution in [1.82, 2.24) is 53.2 Å². The zero-order chi connectivity index (χ0) is 101. The summed E-state index contributed by atoms with van der Waals surface area (Å²) in [6, 6.07) is 5.32. The minimum absolute atomic E-state index is 0.0171. The van der Waals surface area contributed by atoms with Gasteiger partial charge in [0.1, 0.15) is 81.1 Å². The number of esters is 9. The van der Waals surface area contributed by atoms with Crippen molar-refractivity contribution in [3.63, 3.8) is 0 Å². The molecule has 0 aliphatic carbocycles. The number of rotatable bonds is 68. The molecule has 0 spiro atoms. The van der Waals surface area contributed by atoms with Crippen LogP contribution in [0.5, 0.6) is 0 Å². The van der Waals surface area contributed by atoms with E-state index in [1.807, 2.05) is 0 Å². The van der Waals surface area contributed by atoms with Gasteiger partial charge in [-0.2, -0.15) is 0 Å². The van der Waals surface area contributed by atoms with Gasteiger partial charge >= 0.3 is 59.8 Å². The molecule has 14 atom stereocenters. The molecule has 0 saturated carbocycles. The SMILES string of the molecule is CC(=O)NC1C(OCCCCC(=O)NCCCNC(=O)CCOCC(COCCC(=O)NCCCNC(=O)CCCCOC2OC(COC(C)=O)C(OC(C)=O)C(OC(C)=O)C2NC(C)=O)(COCCC(=O)NCCCNC(=O)CCCCOC(OC(COC(C)=O)[C@@H](C)OC(C)=O)[C@H](COC(C)=O)NC(C)=O)NC(=O)OCc2ccccc2)OC(COC(C)=O)C(OC(C)=O)C1OC(C)=O. The normalized spacial score (nSPS) is 19.0. The summed E-state index contributed by atoms with van der Waals surface area (Å²) in [7, 11) is 0. The Balaban J connectivity index is 1.65. The molecule has 2 aliphatic rings. The molecule has 1 aromatic carbocycles. The van der Waals surface area contributed by atoms with Crippen molar-refractivity contribution in [2.24, 2.45) is 0 Å². The highest BCUT2D eigenvalue weighted by molar-refractivity contribution is 5.79. The standard InChI is InChI=1S/C88H138N10O38/c1-54(129-62(9)106)69(48-125-59(6)103)134-84(68(95-55(2)99)47-124-58(5)102)121-40-20-17-28-72(111)89-34-23-37-92-75(114)31-43-118-51-88(98-87(117)128-46-67-26-15-14-16-27-67,52-119-44-32-76(115)93-38-24-35-90-73(112)29-18-21-41-122-85-78(96-56(3)100)82(132-65(12)109)80(130-63(10)107)70(135-85)49-126-60(7)104)53-120-45-33-77(116)94-39-25-36-91-74(113)30-19-22-42-123-86-79(97-57(4)101)83(133-66(13)110)81(131-64(11)108)71(136-86)50-127-61(8)105/h14-16,26-27,54,68-71,78-86H,17-25,28-53H2,1-13H3,(H,89,111)(H,90,112)(H,91,113)(H,92,114)(H,93,115)(H,94,116)(H,95,99)(H,96,100)(H,97,101)(H,98,117)/t54-,68+,69?,70?,71?,78?,79?,80?,81?,82?,83?,84?,85?,86?,88?/m1/s1. The summed E-state index contributed by atoms with van der Waals surface area (Å²) >= 11 is 0. The van der Waals surface area contributed by atoms with Crippen LogP contribution in [0.15, 0.2) is 30.3 Å². The highest BCUT2D eigenvalue weighted by Crippen LogP contribution is 2.31. The average molecular weight is 1940 g/mol. The molecule has 12 unspecified atom stereocenters. The number of hydrogen-bond acceptors (Lipinski definition) is 38. The van der Waals surface area contributed by atoms with Crippen LogP contribution in [-0.2, 0) is 183 Å². The molecule has 0 radical (unpaired) electrons. The van der Waals surface area contributed by atoms with Crippen molar-refractivity contribution in [3.8, 4) is 0 Å². The fourth-order valence-electron chi connectivity index (χ4n) is 13.2. The summed E-state index contributed by atoms with van der Waals surface area (Å²) in [6.45, 7) is 12.8. The zero-order valence-electron chi connectivity index (χ0n) is 79.7. The van der Waals surface area contributed by atoms with E-state index >= 15 is 0 Å². The Hall–Kier alpha value is -11.4. The monoisotopic (exact) mass is 1940 g/mol. The van der Waals surface area contributed by atoms with E-state index in [-0.39, 0.29) is 175 Å². The second-order valence-corrected chi connectivity index (χ2v) is 31.7. The Morgan fingerprint density at radius 1 is 0.375 bits per heavy atom. The summed E-state index contributed by atoms with van der Waals surface area (Å²) in [5.41, 5.74) is -0.969. The van der Waals surface area contributed by atoms with Crippen LogP contribution < -0.4 is 53.2 Å². The molecule has 2 saturated heterocycles. The number of nitrogens with one attached hydrogen (secondary N) is 10. The molecule has 48 nitrogen and oxygen atoms in total. The lowest BCUT2D eigenvalue weighted by molar-refractivity contribution is -0.277. The fourth-order valence-corrected chi connectivity index (χ4v) is 13.2. The Morgan fingerprint density at radius 2 is 0.735 bits per heavy atom. The molecule has 10 amide bonds. The number of benzene rings is 1. The van der Waals surface area contributed by atoms with E-state index in [4.69, 9.17) is 90.0 Å². The van der Waals surface area contributed by atoms with Crippen molar-refractivity contribution in [2.75, 3.05) is 125 Å². The quantitative estimate of drug-likeness (QED) is 0.0176. The minimum Gasteiger partial charge on any atom is -0.463 e. The van der Waals surface area contributed by atoms with Gasteiger partial charge in [-0.25, -0.2) is 4.79 Å². The maximum absolute atomic E-state index is 13.8. The first kappa shape index (κ1) is 119. The Morgan fingerprint density at radius 3 is 1.09 bits per heavy atom. The van der Waals surface area contributed by atoms with Crippen LogP contribution in [-0.4, -0.2) is 330 Å². The first-order valence-corrected chi connectivity index (χ1v) is 45.0. The van der Waals surface area contributed by atoms with Crippen LogP contribution in [0.3, 0.4) is 0 Å². The predicted molar refractivity (Wildman–Crippen MR) is 469 cm³/mol. The highest BCUT2D eigenvalue weighted by Gasteiger charge is 2.53. The molecule has 2 fully saturated rings. The first-order valence-electron chi connectivity index (χ1n) is 45.0. The van der Waals surface area contributed by atoms with Gasteiger partial charge < -0.3 is 143 Å². The number of ether oxygens (including phenoxy) is 19. The Bertz CT molecular complexity index is 3800. The van der Waals surface area contributed by atoms with E-state index in [0.717, 1.165) is 48.5 Å². The third-order valence-electron chi connectivity index (χ3n) is 19.3. The van der Waals surface area contributed by atoms with Crippen LogP contribution in [0.2, 0.25) is 0 Å². The summed E-state index contributed by atoms with van der Waals surface area (Å²) in [5.74, 6) is -10.3. The van der Waals surface area contributed by atoms with E-state index in [9.17, 15) is 91.1 Å². The number of unbranched alkanes of at least 4 members (excludes halogenated alkanes) is 3. The van der Waals surface area contributed by atoms with Gasteiger partial charge in [-0.15, -0.1) is 0 Å². The predicted octanol–water partition coefficient (Wildman–Crippen LogP) is -0.0941. The maximum Gasteiger partial charge on any atom is 0.408 e. The van der Waals surface area contributed by atoms with Gasteiger partial charge in [-0.3, -0.25) is 86.3 Å². The van der Waals surface area contributed by atoms with Crippen LogP contribution in [0.25, 0.3) is 0 Å². The molecule has 3 rings (SSSR count). The van der Waals surface area contributed by atoms with Gasteiger partial charge in [0.05, 0.1) is 39.6 Å². The highest BCUT2D eigenvalue weighted by atomic mass is 16.7. The van der Waals surface area contributed by atoms with Crippen LogP contribution in [0, 0.1) is 0 Å². The third-order valence-corrected chi connectivity index (χ3v) is 19.3.